The highest BCUT2D eigenvalue weighted by Gasteiger charge is 2.16. The highest BCUT2D eigenvalue weighted by Crippen LogP contribution is 2.25. The number of halogens is 1. The fourth-order valence-electron chi connectivity index (χ4n) is 1.93. The zero-order chi connectivity index (χ0) is 15.6. The lowest BCUT2D eigenvalue weighted by molar-refractivity contribution is 0.0595. The Kier molecular flexibility index (Phi) is 4.37. The van der Waals surface area contributed by atoms with Crippen molar-refractivity contribution in [1.29, 1.82) is 0 Å². The lowest BCUT2D eigenvalue weighted by atomic mass is 10.2. The van der Waals surface area contributed by atoms with E-state index in [0.29, 0.717) is 16.6 Å². The Morgan fingerprint density at radius 3 is 2.76 bits per heavy atom. The third kappa shape index (κ3) is 3.11. The maximum absolute atomic E-state index is 11.7. The summed E-state index contributed by atoms with van der Waals surface area (Å²) < 4.78 is 12.0. The lowest BCUT2D eigenvalue weighted by Crippen LogP contribution is -2.07. The number of aryl methyl sites for hydroxylation is 2. The number of anilines is 1. The monoisotopic (exact) mass is 309 g/mol. The van der Waals surface area contributed by atoms with Crippen LogP contribution in [0.1, 0.15) is 21.6 Å². The Hall–Kier alpha value is -2.21. The molecule has 0 fully saturated rings. The number of carbonyl (C=O) groups excluding carboxylic acids is 1. The molecule has 1 aromatic heterocycles. The van der Waals surface area contributed by atoms with Gasteiger partial charge in [0.15, 0.2) is 0 Å². The Bertz CT molecular complexity index is 682. The number of nitrogens with two attached hydrogens (primary N) is 1. The van der Waals surface area contributed by atoms with Gasteiger partial charge in [-0.25, -0.2) is 4.79 Å². The van der Waals surface area contributed by atoms with Crippen LogP contribution < -0.4 is 10.5 Å². The molecule has 7 heteroatoms. The zero-order valence-electron chi connectivity index (χ0n) is 12.0. The van der Waals surface area contributed by atoms with Gasteiger partial charge >= 0.3 is 5.97 Å². The number of hydrogen-bond acceptors (Lipinski definition) is 5. The molecule has 0 saturated heterocycles. The van der Waals surface area contributed by atoms with E-state index in [1.165, 1.54) is 13.2 Å². The van der Waals surface area contributed by atoms with Crippen molar-refractivity contribution in [3.8, 4) is 5.75 Å². The second kappa shape index (κ2) is 6.05. The first-order chi connectivity index (χ1) is 9.93. The van der Waals surface area contributed by atoms with Gasteiger partial charge in [0, 0.05) is 18.3 Å². The van der Waals surface area contributed by atoms with Gasteiger partial charge in [-0.15, -0.1) is 0 Å². The van der Waals surface area contributed by atoms with E-state index in [1.807, 2.05) is 6.92 Å². The molecule has 21 heavy (non-hydrogen) atoms. The quantitative estimate of drug-likeness (QED) is 0.692. The van der Waals surface area contributed by atoms with Gasteiger partial charge in [0.2, 0.25) is 0 Å². The molecular formula is C14H16ClN3O3. The predicted octanol–water partition coefficient (Wildman–Crippen LogP) is 2.33. The number of benzene rings is 1. The average molecular weight is 310 g/mol. The van der Waals surface area contributed by atoms with Gasteiger partial charge in [-0.3, -0.25) is 4.68 Å². The van der Waals surface area contributed by atoms with Crippen LogP contribution in [0.5, 0.6) is 5.75 Å². The Labute approximate surface area is 127 Å². The summed E-state index contributed by atoms with van der Waals surface area (Å²) in [6.07, 6.45) is 0. The highest BCUT2D eigenvalue weighted by molar-refractivity contribution is 6.30. The van der Waals surface area contributed by atoms with Gasteiger partial charge in [-0.1, -0.05) is 11.6 Å². The molecule has 1 aromatic carbocycles. The lowest BCUT2D eigenvalue weighted by Gasteiger charge is -2.11. The standard InChI is InChI=1S/C14H16ClN3O3/c1-8-11(13(15)18(2)17-8)7-21-12-5-4-9(16)6-10(12)14(19)20-3/h4-6H,7,16H2,1-3H3. The molecule has 6 nitrogen and oxygen atoms in total. The Morgan fingerprint density at radius 1 is 1.48 bits per heavy atom. The second-order valence-electron chi connectivity index (χ2n) is 4.51. The summed E-state index contributed by atoms with van der Waals surface area (Å²) in [6.45, 7) is 2.04. The van der Waals surface area contributed by atoms with Gasteiger partial charge in [-0.2, -0.15) is 5.10 Å². The number of esters is 1. The first-order valence-electron chi connectivity index (χ1n) is 6.22. The number of hydrogen-bond donors (Lipinski definition) is 1. The van der Waals surface area contributed by atoms with Crippen LogP contribution in [0.4, 0.5) is 5.69 Å². The number of nitrogen functional groups attached to an aromatic ring is 1. The first kappa shape index (κ1) is 15.2. The molecule has 0 amide bonds. The molecule has 2 aromatic rings. The molecule has 2 rings (SSSR count). The van der Waals surface area contributed by atoms with Crippen LogP contribution >= 0.6 is 11.6 Å². The van der Waals surface area contributed by atoms with Crippen molar-refractivity contribution in [2.24, 2.45) is 7.05 Å². The van der Waals surface area contributed by atoms with Gasteiger partial charge < -0.3 is 15.2 Å². The number of aromatic nitrogens is 2. The fraction of sp³-hybridized carbons (Fsp3) is 0.286. The predicted molar refractivity (Wildman–Crippen MR) is 79.5 cm³/mol. The minimum Gasteiger partial charge on any atom is -0.488 e. The molecule has 0 saturated carbocycles. The van der Waals surface area contributed by atoms with Crippen LogP contribution in [-0.4, -0.2) is 22.9 Å². The number of rotatable bonds is 4. The van der Waals surface area contributed by atoms with E-state index in [1.54, 1.807) is 23.9 Å². The minimum absolute atomic E-state index is 0.201. The molecule has 0 unspecified atom stereocenters. The van der Waals surface area contributed by atoms with Crippen LogP contribution in [0.25, 0.3) is 0 Å². The maximum Gasteiger partial charge on any atom is 0.341 e. The smallest absolute Gasteiger partial charge is 0.341 e. The molecule has 0 bridgehead atoms. The molecule has 0 spiro atoms. The normalized spacial score (nSPS) is 10.5. The van der Waals surface area contributed by atoms with Crippen molar-refractivity contribution >= 4 is 23.3 Å². The summed E-state index contributed by atoms with van der Waals surface area (Å²) in [5.41, 5.74) is 7.96. The summed E-state index contributed by atoms with van der Waals surface area (Å²) >= 11 is 6.14. The van der Waals surface area contributed by atoms with Crippen LogP contribution in [0.2, 0.25) is 5.15 Å². The van der Waals surface area contributed by atoms with Crippen LogP contribution in [0.15, 0.2) is 18.2 Å². The molecule has 112 valence electrons. The molecule has 0 aliphatic carbocycles. The minimum atomic E-state index is -0.508. The molecule has 1 heterocycles. The van der Waals surface area contributed by atoms with Crippen LogP contribution in [0.3, 0.4) is 0 Å². The molecule has 0 radical (unpaired) electrons. The number of methoxy groups -OCH3 is 1. The number of nitrogens with zero attached hydrogens (tertiary/aromatic N) is 2. The van der Waals surface area contributed by atoms with E-state index >= 15 is 0 Å². The Balaban J connectivity index is 2.26. The molecule has 0 aliphatic rings. The van der Waals surface area contributed by atoms with E-state index < -0.39 is 5.97 Å². The summed E-state index contributed by atoms with van der Waals surface area (Å²) in [5.74, 6) is -0.123. The van der Waals surface area contributed by atoms with Crippen molar-refractivity contribution in [2.75, 3.05) is 12.8 Å². The van der Waals surface area contributed by atoms with Crippen molar-refractivity contribution < 1.29 is 14.3 Å². The summed E-state index contributed by atoms with van der Waals surface area (Å²) in [4.78, 5) is 11.7. The third-order valence-corrected chi connectivity index (χ3v) is 3.52. The summed E-state index contributed by atoms with van der Waals surface area (Å²) in [6, 6.07) is 4.79. The second-order valence-corrected chi connectivity index (χ2v) is 4.87. The topological polar surface area (TPSA) is 79.4 Å². The van der Waals surface area contributed by atoms with Gasteiger partial charge in [0.1, 0.15) is 23.1 Å². The zero-order valence-corrected chi connectivity index (χ0v) is 12.8. The fourth-order valence-corrected chi connectivity index (χ4v) is 2.16. The highest BCUT2D eigenvalue weighted by atomic mass is 35.5. The van der Waals surface area contributed by atoms with E-state index in [-0.39, 0.29) is 12.2 Å². The number of ether oxygens (including phenoxy) is 2. The van der Waals surface area contributed by atoms with Crippen LogP contribution in [-0.2, 0) is 18.4 Å². The molecule has 2 N–H and O–H groups in total. The molecular weight excluding hydrogens is 294 g/mol. The summed E-state index contributed by atoms with van der Waals surface area (Å²) in [7, 11) is 3.05. The third-order valence-electron chi connectivity index (χ3n) is 3.05. The number of carbonyl (C=O) groups is 1. The van der Waals surface area contributed by atoms with Crippen LogP contribution in [0, 0.1) is 6.92 Å². The Morgan fingerprint density at radius 2 is 2.19 bits per heavy atom. The van der Waals surface area contributed by atoms with Crippen molar-refractivity contribution in [3.63, 3.8) is 0 Å². The van der Waals surface area contributed by atoms with Gasteiger partial charge in [-0.05, 0) is 25.1 Å². The van der Waals surface area contributed by atoms with E-state index in [0.717, 1.165) is 11.3 Å². The molecule has 0 aliphatic heterocycles. The van der Waals surface area contributed by atoms with Gasteiger partial charge in [0.05, 0.1) is 12.8 Å². The van der Waals surface area contributed by atoms with Crippen molar-refractivity contribution in [1.82, 2.24) is 9.78 Å². The maximum atomic E-state index is 11.7. The average Bonchev–Trinajstić information content (AvgIpc) is 2.70. The molecule has 0 atom stereocenters. The van der Waals surface area contributed by atoms with Crippen molar-refractivity contribution in [3.05, 3.63) is 40.2 Å². The SMILES string of the molecule is COC(=O)c1cc(N)ccc1OCc1c(C)nn(C)c1Cl. The first-order valence-corrected chi connectivity index (χ1v) is 6.60. The van der Waals surface area contributed by atoms with Crippen molar-refractivity contribution in [2.45, 2.75) is 13.5 Å². The van der Waals surface area contributed by atoms with E-state index in [2.05, 4.69) is 5.10 Å². The summed E-state index contributed by atoms with van der Waals surface area (Å²) in [5, 5.41) is 4.71. The van der Waals surface area contributed by atoms with E-state index in [9.17, 15) is 4.79 Å². The largest absolute Gasteiger partial charge is 0.488 e. The van der Waals surface area contributed by atoms with E-state index in [4.69, 9.17) is 26.8 Å². The van der Waals surface area contributed by atoms with Gasteiger partial charge in [0.25, 0.3) is 0 Å².